The molecule has 5 nitrogen and oxygen atoms in total. The van der Waals surface area contributed by atoms with E-state index in [0.29, 0.717) is 14.9 Å². The van der Waals surface area contributed by atoms with Gasteiger partial charge < -0.3 is 10.2 Å². The Bertz CT molecular complexity index is 953. The predicted octanol–water partition coefficient (Wildman–Crippen LogP) is 4.40. The molecule has 0 unspecified atom stereocenters. The molecule has 0 spiro atoms. The van der Waals surface area contributed by atoms with Gasteiger partial charge in [-0.1, -0.05) is 23.2 Å². The van der Waals surface area contributed by atoms with E-state index in [9.17, 15) is 4.79 Å². The number of carbonyl (C=O) groups excluding carboxylic acids is 1. The number of hydrogen-bond acceptors (Lipinski definition) is 5. The van der Waals surface area contributed by atoms with Gasteiger partial charge in [-0.05, 0) is 42.5 Å². The first-order valence-corrected chi connectivity index (χ1v) is 9.94. The van der Waals surface area contributed by atoms with Gasteiger partial charge in [0.1, 0.15) is 17.0 Å². The molecule has 1 aliphatic heterocycles. The number of anilines is 1. The quantitative estimate of drug-likeness (QED) is 0.700. The summed E-state index contributed by atoms with van der Waals surface area (Å²) in [6.45, 7) is 1.63. The maximum absolute atomic E-state index is 12.3. The van der Waals surface area contributed by atoms with Gasteiger partial charge in [0.05, 0.1) is 10.5 Å². The fraction of sp³-hybridized carbons (Fsp3) is 0.278. The molecule has 1 amide bonds. The average Bonchev–Trinajstić information content (AvgIpc) is 3.08. The van der Waals surface area contributed by atoms with Gasteiger partial charge in [-0.25, -0.2) is 9.97 Å². The van der Waals surface area contributed by atoms with E-state index < -0.39 is 0 Å². The van der Waals surface area contributed by atoms with E-state index in [1.807, 2.05) is 23.6 Å². The van der Waals surface area contributed by atoms with Gasteiger partial charge in [-0.15, -0.1) is 11.3 Å². The summed E-state index contributed by atoms with van der Waals surface area (Å²) < 4.78 is 0. The molecule has 134 valence electrons. The number of fused-ring (bicyclic) bond motifs is 1. The zero-order valence-electron chi connectivity index (χ0n) is 13.8. The van der Waals surface area contributed by atoms with Crippen molar-refractivity contribution in [3.63, 3.8) is 0 Å². The minimum atomic E-state index is -0.0921. The molecule has 3 aromatic rings. The second-order valence-corrected chi connectivity index (χ2v) is 7.95. The number of hydrogen-bond donors (Lipinski definition) is 1. The van der Waals surface area contributed by atoms with Crippen LogP contribution in [0.2, 0.25) is 10.0 Å². The predicted molar refractivity (Wildman–Crippen MR) is 107 cm³/mol. The second-order valence-electron chi connectivity index (χ2n) is 6.19. The highest BCUT2D eigenvalue weighted by atomic mass is 35.5. The van der Waals surface area contributed by atoms with Crippen LogP contribution in [0.15, 0.2) is 36.0 Å². The zero-order valence-corrected chi connectivity index (χ0v) is 16.1. The second kappa shape index (κ2) is 7.39. The highest BCUT2D eigenvalue weighted by Gasteiger charge is 2.24. The molecular formula is C18H16Cl2N4OS. The van der Waals surface area contributed by atoms with Crippen molar-refractivity contribution in [3.8, 4) is 0 Å². The molecular weight excluding hydrogens is 391 g/mol. The highest BCUT2D eigenvalue weighted by Crippen LogP contribution is 2.28. The van der Waals surface area contributed by atoms with E-state index in [1.165, 1.54) is 11.3 Å². The first-order chi connectivity index (χ1) is 12.6. The number of nitrogens with zero attached hydrogens (tertiary/aromatic N) is 3. The van der Waals surface area contributed by atoms with Crippen molar-refractivity contribution < 1.29 is 4.79 Å². The average molecular weight is 407 g/mol. The van der Waals surface area contributed by atoms with Gasteiger partial charge in [0, 0.05) is 29.5 Å². The van der Waals surface area contributed by atoms with E-state index in [2.05, 4.69) is 20.2 Å². The molecule has 8 heteroatoms. The monoisotopic (exact) mass is 406 g/mol. The minimum Gasteiger partial charge on any atom is -0.356 e. The molecule has 2 aromatic heterocycles. The first kappa shape index (κ1) is 17.5. The molecule has 0 saturated carbocycles. The molecule has 4 rings (SSSR count). The molecule has 0 atom stereocenters. The number of amides is 1. The number of carbonyl (C=O) groups is 1. The number of rotatable bonds is 3. The Morgan fingerprint density at radius 3 is 2.73 bits per heavy atom. The van der Waals surface area contributed by atoms with Crippen LogP contribution in [-0.2, 0) is 0 Å². The van der Waals surface area contributed by atoms with Crippen LogP contribution in [0.4, 0.5) is 5.82 Å². The van der Waals surface area contributed by atoms with Crippen molar-refractivity contribution >= 4 is 57.2 Å². The summed E-state index contributed by atoms with van der Waals surface area (Å²) in [4.78, 5) is 23.9. The lowest BCUT2D eigenvalue weighted by Crippen LogP contribution is -2.44. The summed E-state index contributed by atoms with van der Waals surface area (Å²) >= 11 is 13.5. The third-order valence-electron chi connectivity index (χ3n) is 4.53. The topological polar surface area (TPSA) is 58.1 Å². The van der Waals surface area contributed by atoms with Crippen molar-refractivity contribution in [2.45, 2.75) is 18.9 Å². The normalized spacial score (nSPS) is 15.4. The Balaban J connectivity index is 1.44. The van der Waals surface area contributed by atoms with Crippen LogP contribution in [0.3, 0.4) is 0 Å². The van der Waals surface area contributed by atoms with Gasteiger partial charge in [-0.2, -0.15) is 0 Å². The summed E-state index contributed by atoms with van der Waals surface area (Å²) in [6, 6.07) is 7.55. The van der Waals surface area contributed by atoms with Gasteiger partial charge in [-0.3, -0.25) is 4.79 Å². The van der Waals surface area contributed by atoms with Crippen LogP contribution in [0.1, 0.15) is 22.5 Å². The molecule has 1 saturated heterocycles. The van der Waals surface area contributed by atoms with Crippen molar-refractivity contribution in [3.05, 3.63) is 50.9 Å². The van der Waals surface area contributed by atoms with Crippen LogP contribution in [0.25, 0.3) is 10.9 Å². The van der Waals surface area contributed by atoms with E-state index in [1.54, 1.807) is 12.4 Å². The Labute approximate surface area is 165 Å². The van der Waals surface area contributed by atoms with E-state index in [-0.39, 0.29) is 11.9 Å². The molecule has 0 aliphatic carbocycles. The smallest absolute Gasteiger partial charge is 0.263 e. The van der Waals surface area contributed by atoms with Crippen molar-refractivity contribution in [1.82, 2.24) is 15.3 Å². The lowest BCUT2D eigenvalue weighted by atomic mass is 10.0. The standard InChI is InChI=1S/C18H16Cl2N4OS/c19-11-1-2-13-15(9-11)21-10-22-17(13)24-6-3-12(4-7-24)23-18(25)16-14(20)5-8-26-16/h1-2,5,8-10,12H,3-4,6-7H2,(H,23,25). The Hall–Kier alpha value is -1.89. The largest absolute Gasteiger partial charge is 0.356 e. The maximum Gasteiger partial charge on any atom is 0.263 e. The number of nitrogens with one attached hydrogen (secondary N) is 1. The Morgan fingerprint density at radius 1 is 1.19 bits per heavy atom. The highest BCUT2D eigenvalue weighted by molar-refractivity contribution is 7.12. The summed E-state index contributed by atoms with van der Waals surface area (Å²) in [5.41, 5.74) is 0.838. The van der Waals surface area contributed by atoms with Gasteiger partial charge in [0.15, 0.2) is 0 Å². The number of piperidine rings is 1. The van der Waals surface area contributed by atoms with Gasteiger partial charge in [0.2, 0.25) is 0 Å². The number of halogens is 2. The number of benzene rings is 1. The number of thiophene rings is 1. The first-order valence-electron chi connectivity index (χ1n) is 8.31. The van der Waals surface area contributed by atoms with Crippen LogP contribution in [-0.4, -0.2) is 35.0 Å². The number of aromatic nitrogens is 2. The van der Waals surface area contributed by atoms with Crippen molar-refractivity contribution in [1.29, 1.82) is 0 Å². The van der Waals surface area contributed by atoms with Crippen LogP contribution in [0, 0.1) is 0 Å². The van der Waals surface area contributed by atoms with Crippen molar-refractivity contribution in [2.24, 2.45) is 0 Å². The third-order valence-corrected chi connectivity index (χ3v) is 6.11. The summed E-state index contributed by atoms with van der Waals surface area (Å²) in [7, 11) is 0. The fourth-order valence-electron chi connectivity index (χ4n) is 3.21. The maximum atomic E-state index is 12.3. The molecule has 1 aromatic carbocycles. The summed E-state index contributed by atoms with van der Waals surface area (Å²) in [5, 5.41) is 7.08. The van der Waals surface area contributed by atoms with E-state index >= 15 is 0 Å². The van der Waals surface area contributed by atoms with Crippen LogP contribution >= 0.6 is 34.5 Å². The fourth-order valence-corrected chi connectivity index (χ4v) is 4.42. The molecule has 0 radical (unpaired) electrons. The molecule has 1 fully saturated rings. The van der Waals surface area contributed by atoms with Gasteiger partial charge in [0.25, 0.3) is 5.91 Å². The summed E-state index contributed by atoms with van der Waals surface area (Å²) in [5.74, 6) is 0.823. The lowest BCUT2D eigenvalue weighted by molar-refractivity contribution is 0.0935. The molecule has 0 bridgehead atoms. The van der Waals surface area contributed by atoms with Crippen LogP contribution < -0.4 is 10.2 Å². The molecule has 1 aliphatic rings. The molecule has 3 heterocycles. The molecule has 26 heavy (non-hydrogen) atoms. The SMILES string of the molecule is O=C(NC1CCN(c2ncnc3cc(Cl)ccc23)CC1)c1sccc1Cl. The van der Waals surface area contributed by atoms with Gasteiger partial charge >= 0.3 is 0 Å². The van der Waals surface area contributed by atoms with E-state index in [4.69, 9.17) is 23.2 Å². The lowest BCUT2D eigenvalue weighted by Gasteiger charge is -2.33. The zero-order chi connectivity index (χ0) is 18.1. The third kappa shape index (κ3) is 3.49. The molecule has 1 N–H and O–H groups in total. The Kier molecular flexibility index (Phi) is 4.98. The summed E-state index contributed by atoms with van der Waals surface area (Å²) in [6.07, 6.45) is 3.28. The Morgan fingerprint density at radius 2 is 2.00 bits per heavy atom. The minimum absolute atomic E-state index is 0.0921. The van der Waals surface area contributed by atoms with Crippen molar-refractivity contribution in [2.75, 3.05) is 18.0 Å². The van der Waals surface area contributed by atoms with Crippen LogP contribution in [0.5, 0.6) is 0 Å². The van der Waals surface area contributed by atoms with E-state index in [0.717, 1.165) is 42.7 Å².